The predicted octanol–water partition coefficient (Wildman–Crippen LogP) is 2.83. The largest absolute Gasteiger partial charge is 0.399 e. The summed E-state index contributed by atoms with van der Waals surface area (Å²) in [7, 11) is 0. The number of hydrogen-bond acceptors (Lipinski definition) is 2. The molecular formula is C15H22N2O. The van der Waals surface area contributed by atoms with Crippen LogP contribution >= 0.6 is 0 Å². The minimum absolute atomic E-state index is 0.0487. The van der Waals surface area contributed by atoms with Crippen LogP contribution in [-0.2, 0) is 4.79 Å². The highest BCUT2D eigenvalue weighted by molar-refractivity contribution is 5.91. The highest BCUT2D eigenvalue weighted by Crippen LogP contribution is 2.08. The van der Waals surface area contributed by atoms with E-state index in [-0.39, 0.29) is 11.9 Å². The van der Waals surface area contributed by atoms with E-state index < -0.39 is 0 Å². The second-order valence-electron chi connectivity index (χ2n) is 4.77. The summed E-state index contributed by atoms with van der Waals surface area (Å²) < 4.78 is 0. The topological polar surface area (TPSA) is 55.1 Å². The molecule has 0 aliphatic rings. The van der Waals surface area contributed by atoms with Gasteiger partial charge in [0.2, 0.25) is 5.91 Å². The maximum atomic E-state index is 11.7. The Kier molecular flexibility index (Phi) is 5.43. The highest BCUT2D eigenvalue weighted by Gasteiger charge is 2.11. The summed E-state index contributed by atoms with van der Waals surface area (Å²) in [5, 5.41) is 3.00. The Balaban J connectivity index is 2.56. The second-order valence-corrected chi connectivity index (χ2v) is 4.77. The number of carbonyl (C=O) groups is 1. The zero-order chi connectivity index (χ0) is 13.5. The summed E-state index contributed by atoms with van der Waals surface area (Å²) >= 11 is 0. The summed E-state index contributed by atoms with van der Waals surface area (Å²) in [5.41, 5.74) is 7.29. The first-order chi connectivity index (χ1) is 8.52. The van der Waals surface area contributed by atoms with E-state index in [0.717, 1.165) is 17.7 Å². The van der Waals surface area contributed by atoms with Gasteiger partial charge in [-0.3, -0.25) is 4.79 Å². The smallest absolute Gasteiger partial charge is 0.244 e. The standard InChI is InChI=1S/C15H22N2O/c1-4-14(11(2)3)17-15(18)10-7-12-5-8-13(16)9-6-12/h5-11,14H,4,16H2,1-3H3,(H,17,18)/b10-7+. The number of anilines is 1. The minimum atomic E-state index is -0.0487. The number of amides is 1. The third-order valence-corrected chi connectivity index (χ3v) is 2.94. The average molecular weight is 246 g/mol. The fourth-order valence-electron chi connectivity index (χ4n) is 1.75. The Hall–Kier alpha value is -1.77. The molecular weight excluding hydrogens is 224 g/mol. The molecule has 0 bridgehead atoms. The highest BCUT2D eigenvalue weighted by atomic mass is 16.1. The Morgan fingerprint density at radius 1 is 1.33 bits per heavy atom. The lowest BCUT2D eigenvalue weighted by molar-refractivity contribution is -0.117. The van der Waals surface area contributed by atoms with E-state index in [1.54, 1.807) is 12.2 Å². The number of rotatable bonds is 5. The molecule has 1 unspecified atom stereocenters. The van der Waals surface area contributed by atoms with Gasteiger partial charge in [0.1, 0.15) is 0 Å². The molecule has 3 N–H and O–H groups in total. The first-order valence-electron chi connectivity index (χ1n) is 6.37. The van der Waals surface area contributed by atoms with Crippen molar-refractivity contribution in [2.75, 3.05) is 5.73 Å². The van der Waals surface area contributed by atoms with E-state index in [2.05, 4.69) is 26.1 Å². The van der Waals surface area contributed by atoms with Gasteiger partial charge in [0.05, 0.1) is 0 Å². The Morgan fingerprint density at radius 3 is 2.44 bits per heavy atom. The third kappa shape index (κ3) is 4.62. The van der Waals surface area contributed by atoms with Gasteiger partial charge in [0.25, 0.3) is 0 Å². The molecule has 0 saturated heterocycles. The van der Waals surface area contributed by atoms with E-state index in [1.165, 1.54) is 0 Å². The van der Waals surface area contributed by atoms with Gasteiger partial charge in [-0.15, -0.1) is 0 Å². The summed E-state index contributed by atoms with van der Waals surface area (Å²) in [6.45, 7) is 6.30. The van der Waals surface area contributed by atoms with Gasteiger partial charge in [-0.25, -0.2) is 0 Å². The quantitative estimate of drug-likeness (QED) is 0.620. The zero-order valence-electron chi connectivity index (χ0n) is 11.3. The molecule has 0 heterocycles. The van der Waals surface area contributed by atoms with Gasteiger partial charge in [-0.2, -0.15) is 0 Å². The fraction of sp³-hybridized carbons (Fsp3) is 0.400. The number of carbonyl (C=O) groups excluding carboxylic acids is 1. The minimum Gasteiger partial charge on any atom is -0.399 e. The van der Waals surface area contributed by atoms with E-state index in [1.807, 2.05) is 24.3 Å². The van der Waals surface area contributed by atoms with Gasteiger partial charge in [-0.05, 0) is 36.1 Å². The van der Waals surface area contributed by atoms with Crippen molar-refractivity contribution in [1.82, 2.24) is 5.32 Å². The number of nitrogens with two attached hydrogens (primary N) is 1. The summed E-state index contributed by atoms with van der Waals surface area (Å²) in [6, 6.07) is 7.65. The van der Waals surface area contributed by atoms with Gasteiger partial charge < -0.3 is 11.1 Å². The molecule has 1 aromatic carbocycles. The Bertz CT molecular complexity index is 407. The SMILES string of the molecule is CCC(NC(=O)/C=C/c1ccc(N)cc1)C(C)C. The van der Waals surface area contributed by atoms with Crippen molar-refractivity contribution in [2.45, 2.75) is 33.2 Å². The normalized spacial score (nSPS) is 12.9. The van der Waals surface area contributed by atoms with Gasteiger partial charge in [0, 0.05) is 17.8 Å². The average Bonchev–Trinajstić information content (AvgIpc) is 2.35. The molecule has 0 saturated carbocycles. The molecule has 0 aliphatic heterocycles. The molecule has 1 atom stereocenters. The maximum Gasteiger partial charge on any atom is 0.244 e. The third-order valence-electron chi connectivity index (χ3n) is 2.94. The van der Waals surface area contributed by atoms with E-state index in [0.29, 0.717) is 5.92 Å². The zero-order valence-corrected chi connectivity index (χ0v) is 11.3. The first kappa shape index (κ1) is 14.3. The Morgan fingerprint density at radius 2 is 1.94 bits per heavy atom. The summed E-state index contributed by atoms with van der Waals surface area (Å²) in [4.78, 5) is 11.7. The number of nitrogen functional groups attached to an aromatic ring is 1. The first-order valence-corrected chi connectivity index (χ1v) is 6.37. The summed E-state index contributed by atoms with van der Waals surface area (Å²) in [5.74, 6) is 0.399. The molecule has 1 aromatic rings. The number of nitrogens with one attached hydrogen (secondary N) is 1. The molecule has 1 rings (SSSR count). The van der Waals surface area contributed by atoms with Gasteiger partial charge in [-0.1, -0.05) is 32.9 Å². The van der Waals surface area contributed by atoms with Crippen molar-refractivity contribution in [3.63, 3.8) is 0 Å². The second kappa shape index (κ2) is 6.84. The van der Waals surface area contributed by atoms with Crippen LogP contribution in [0.4, 0.5) is 5.69 Å². The lowest BCUT2D eigenvalue weighted by Gasteiger charge is -2.19. The molecule has 18 heavy (non-hydrogen) atoms. The van der Waals surface area contributed by atoms with Crippen LogP contribution in [0.25, 0.3) is 6.08 Å². The van der Waals surface area contributed by atoms with Crippen LogP contribution in [0.5, 0.6) is 0 Å². The lowest BCUT2D eigenvalue weighted by Crippen LogP contribution is -2.36. The van der Waals surface area contributed by atoms with Crippen LogP contribution in [0.1, 0.15) is 32.8 Å². The molecule has 3 nitrogen and oxygen atoms in total. The van der Waals surface area contributed by atoms with Crippen molar-refractivity contribution in [2.24, 2.45) is 5.92 Å². The Labute approximate surface area is 109 Å². The monoisotopic (exact) mass is 246 g/mol. The van der Waals surface area contributed by atoms with Gasteiger partial charge in [0.15, 0.2) is 0 Å². The number of benzene rings is 1. The van der Waals surface area contributed by atoms with Crippen molar-refractivity contribution in [3.05, 3.63) is 35.9 Å². The van der Waals surface area contributed by atoms with E-state index >= 15 is 0 Å². The lowest BCUT2D eigenvalue weighted by atomic mass is 10.0. The molecule has 0 aromatic heterocycles. The van der Waals surface area contributed by atoms with Gasteiger partial charge >= 0.3 is 0 Å². The molecule has 3 heteroatoms. The molecule has 0 aliphatic carbocycles. The predicted molar refractivity (Wildman–Crippen MR) is 76.9 cm³/mol. The molecule has 0 radical (unpaired) electrons. The van der Waals surface area contributed by atoms with E-state index in [9.17, 15) is 4.79 Å². The number of hydrogen-bond donors (Lipinski definition) is 2. The maximum absolute atomic E-state index is 11.7. The molecule has 98 valence electrons. The van der Waals surface area contributed by atoms with Crippen molar-refractivity contribution in [3.8, 4) is 0 Å². The fourth-order valence-corrected chi connectivity index (χ4v) is 1.75. The summed E-state index contributed by atoms with van der Waals surface area (Å²) in [6.07, 6.45) is 4.30. The van der Waals surface area contributed by atoms with Crippen molar-refractivity contribution < 1.29 is 4.79 Å². The molecule has 1 amide bonds. The van der Waals surface area contributed by atoms with Crippen LogP contribution in [0, 0.1) is 5.92 Å². The molecule has 0 spiro atoms. The van der Waals surface area contributed by atoms with Crippen LogP contribution in [0.3, 0.4) is 0 Å². The van der Waals surface area contributed by atoms with E-state index in [4.69, 9.17) is 5.73 Å². The van der Waals surface area contributed by atoms with Crippen LogP contribution in [0.2, 0.25) is 0 Å². The van der Waals surface area contributed by atoms with Crippen LogP contribution in [0.15, 0.2) is 30.3 Å². The molecule has 0 fully saturated rings. The van der Waals surface area contributed by atoms with Crippen LogP contribution in [-0.4, -0.2) is 11.9 Å². The van der Waals surface area contributed by atoms with Crippen molar-refractivity contribution in [1.29, 1.82) is 0 Å². The van der Waals surface area contributed by atoms with Crippen LogP contribution < -0.4 is 11.1 Å². The van der Waals surface area contributed by atoms with Crippen molar-refractivity contribution >= 4 is 17.7 Å².